The lowest BCUT2D eigenvalue weighted by Crippen LogP contribution is -2.49. The van der Waals surface area contributed by atoms with Crippen molar-refractivity contribution in [3.63, 3.8) is 0 Å². The number of amides is 1. The Morgan fingerprint density at radius 1 is 1.14 bits per heavy atom. The quantitative estimate of drug-likeness (QED) is 0.619. The van der Waals surface area contributed by atoms with Gasteiger partial charge in [-0.1, -0.05) is 17.7 Å². The number of piperazine rings is 1. The van der Waals surface area contributed by atoms with Crippen LogP contribution in [0, 0.1) is 6.92 Å². The summed E-state index contributed by atoms with van der Waals surface area (Å²) in [6, 6.07) is 7.96. The third-order valence-corrected chi connectivity index (χ3v) is 6.34. The van der Waals surface area contributed by atoms with Crippen LogP contribution >= 0.6 is 22.7 Å². The van der Waals surface area contributed by atoms with Gasteiger partial charge in [-0.3, -0.25) is 4.79 Å². The molecule has 1 aliphatic rings. The number of ether oxygens (including phenoxy) is 1. The van der Waals surface area contributed by atoms with Crippen LogP contribution in [0.5, 0.6) is 5.75 Å². The number of aromatic nitrogens is 2. The number of nitrogens with zero attached hydrogens (tertiary/aromatic N) is 4. The molecule has 1 aromatic carbocycles. The summed E-state index contributed by atoms with van der Waals surface area (Å²) in [5.74, 6) is 0.964. The number of aryl methyl sites for hydroxylation is 1. The topological polar surface area (TPSA) is 58.6 Å². The molecule has 1 aliphatic heterocycles. The maximum atomic E-state index is 12.6. The van der Waals surface area contributed by atoms with Crippen LogP contribution in [0.3, 0.4) is 0 Å². The predicted octanol–water partition coefficient (Wildman–Crippen LogP) is 3.38. The van der Waals surface area contributed by atoms with E-state index >= 15 is 0 Å². The molecule has 0 aliphatic carbocycles. The Bertz CT molecular complexity index is 901. The summed E-state index contributed by atoms with van der Waals surface area (Å²) in [6.45, 7) is 5.58. The molecule has 8 heteroatoms. The molecular weight excluding hydrogens is 392 g/mol. The molecule has 0 bridgehead atoms. The Labute approximate surface area is 172 Å². The number of rotatable bonds is 6. The fourth-order valence-electron chi connectivity index (χ4n) is 3.06. The number of carbonyl (C=O) groups is 1. The van der Waals surface area contributed by atoms with Gasteiger partial charge in [0.05, 0.1) is 12.1 Å². The summed E-state index contributed by atoms with van der Waals surface area (Å²) < 4.78 is 5.77. The van der Waals surface area contributed by atoms with E-state index in [4.69, 9.17) is 4.74 Å². The number of hydrogen-bond acceptors (Lipinski definition) is 7. The average Bonchev–Trinajstić information content (AvgIpc) is 3.40. The van der Waals surface area contributed by atoms with Gasteiger partial charge in [-0.15, -0.1) is 22.7 Å². The van der Waals surface area contributed by atoms with Crippen molar-refractivity contribution >= 4 is 33.7 Å². The second kappa shape index (κ2) is 8.70. The lowest BCUT2D eigenvalue weighted by atomic mass is 10.2. The number of carbonyl (C=O) groups excluding carboxylic acids is 1. The highest BCUT2D eigenvalue weighted by Gasteiger charge is 2.23. The van der Waals surface area contributed by atoms with E-state index in [1.807, 2.05) is 53.0 Å². The Morgan fingerprint density at radius 2 is 1.93 bits per heavy atom. The Balaban J connectivity index is 1.25. The molecule has 0 N–H and O–H groups in total. The Kier molecular flexibility index (Phi) is 5.87. The molecule has 1 fully saturated rings. The van der Waals surface area contributed by atoms with Crippen molar-refractivity contribution in [1.82, 2.24) is 14.9 Å². The Hall–Kier alpha value is -2.45. The van der Waals surface area contributed by atoms with E-state index in [9.17, 15) is 4.79 Å². The van der Waals surface area contributed by atoms with Crippen LogP contribution in [0.2, 0.25) is 0 Å². The van der Waals surface area contributed by atoms with Gasteiger partial charge < -0.3 is 14.5 Å². The maximum Gasteiger partial charge on any atom is 0.228 e. The minimum atomic E-state index is 0.134. The first-order valence-corrected chi connectivity index (χ1v) is 11.0. The van der Waals surface area contributed by atoms with Gasteiger partial charge in [0.2, 0.25) is 5.91 Å². The molecule has 3 aromatic rings. The van der Waals surface area contributed by atoms with Crippen molar-refractivity contribution in [2.45, 2.75) is 20.0 Å². The van der Waals surface area contributed by atoms with Crippen molar-refractivity contribution in [2.24, 2.45) is 0 Å². The van der Waals surface area contributed by atoms with Crippen molar-refractivity contribution in [3.8, 4) is 5.75 Å². The molecule has 0 unspecified atom stereocenters. The second-order valence-electron chi connectivity index (χ2n) is 6.69. The number of thiazole rings is 2. The van der Waals surface area contributed by atoms with E-state index < -0.39 is 0 Å². The SMILES string of the molecule is Cc1ccc(OCc2nc(CC(=O)N3CCN(c4nccs4)CC3)cs2)cc1. The molecule has 0 atom stereocenters. The normalized spacial score (nSPS) is 14.3. The van der Waals surface area contributed by atoms with Gasteiger partial charge in [-0.2, -0.15) is 0 Å². The number of hydrogen-bond donors (Lipinski definition) is 0. The van der Waals surface area contributed by atoms with Crippen molar-refractivity contribution < 1.29 is 9.53 Å². The molecular formula is C20H22N4O2S2. The van der Waals surface area contributed by atoms with E-state index in [2.05, 4.69) is 14.9 Å². The van der Waals surface area contributed by atoms with Crippen LogP contribution in [0.1, 0.15) is 16.3 Å². The lowest BCUT2D eigenvalue weighted by Gasteiger charge is -2.34. The molecule has 28 heavy (non-hydrogen) atoms. The third-order valence-electron chi connectivity index (χ3n) is 4.64. The summed E-state index contributed by atoms with van der Waals surface area (Å²) in [6.07, 6.45) is 2.16. The van der Waals surface area contributed by atoms with Crippen LogP contribution in [0.4, 0.5) is 5.13 Å². The third kappa shape index (κ3) is 4.69. The van der Waals surface area contributed by atoms with Crippen LogP contribution in [0.25, 0.3) is 0 Å². The molecule has 4 rings (SSSR count). The molecule has 3 heterocycles. The minimum Gasteiger partial charge on any atom is -0.486 e. The first-order valence-electron chi connectivity index (χ1n) is 9.22. The highest BCUT2D eigenvalue weighted by Crippen LogP contribution is 2.20. The molecule has 146 valence electrons. The highest BCUT2D eigenvalue weighted by molar-refractivity contribution is 7.13. The van der Waals surface area contributed by atoms with Gasteiger partial charge in [-0.05, 0) is 19.1 Å². The zero-order valence-electron chi connectivity index (χ0n) is 15.7. The van der Waals surface area contributed by atoms with Gasteiger partial charge in [0.15, 0.2) is 5.13 Å². The van der Waals surface area contributed by atoms with Gasteiger partial charge in [0, 0.05) is 43.1 Å². The van der Waals surface area contributed by atoms with E-state index in [0.717, 1.165) is 47.8 Å². The first-order chi connectivity index (χ1) is 13.7. The average molecular weight is 415 g/mol. The summed E-state index contributed by atoms with van der Waals surface area (Å²) in [5.41, 5.74) is 2.02. The zero-order chi connectivity index (χ0) is 19.3. The molecule has 6 nitrogen and oxygen atoms in total. The molecule has 1 saturated heterocycles. The molecule has 0 spiro atoms. The monoisotopic (exact) mass is 414 g/mol. The van der Waals surface area contributed by atoms with Crippen molar-refractivity contribution in [2.75, 3.05) is 31.1 Å². The van der Waals surface area contributed by atoms with E-state index in [0.29, 0.717) is 13.0 Å². The van der Waals surface area contributed by atoms with Crippen molar-refractivity contribution in [3.05, 3.63) is 57.5 Å². The molecule has 0 radical (unpaired) electrons. The fraction of sp³-hybridized carbons (Fsp3) is 0.350. The number of benzene rings is 1. The van der Waals surface area contributed by atoms with Gasteiger partial charge >= 0.3 is 0 Å². The maximum absolute atomic E-state index is 12.6. The summed E-state index contributed by atoms with van der Waals surface area (Å²) in [7, 11) is 0. The number of anilines is 1. The van der Waals surface area contributed by atoms with E-state index in [1.165, 1.54) is 16.9 Å². The largest absolute Gasteiger partial charge is 0.486 e. The highest BCUT2D eigenvalue weighted by atomic mass is 32.1. The predicted molar refractivity (Wildman–Crippen MR) is 112 cm³/mol. The fourth-order valence-corrected chi connectivity index (χ4v) is 4.46. The van der Waals surface area contributed by atoms with Crippen LogP contribution in [-0.4, -0.2) is 47.0 Å². The standard InChI is InChI=1S/C20H22N4O2S2/c1-15-2-4-17(5-3-15)26-13-18-22-16(14-28-18)12-19(25)23-7-9-24(10-8-23)20-21-6-11-27-20/h2-6,11,14H,7-10,12-13H2,1H3. The molecule has 0 saturated carbocycles. The minimum absolute atomic E-state index is 0.134. The smallest absolute Gasteiger partial charge is 0.228 e. The summed E-state index contributed by atoms with van der Waals surface area (Å²) in [4.78, 5) is 25.7. The summed E-state index contributed by atoms with van der Waals surface area (Å²) in [5, 5.41) is 5.86. The Morgan fingerprint density at radius 3 is 2.64 bits per heavy atom. The zero-order valence-corrected chi connectivity index (χ0v) is 17.3. The van der Waals surface area contributed by atoms with Gasteiger partial charge in [0.25, 0.3) is 0 Å². The van der Waals surface area contributed by atoms with E-state index in [1.54, 1.807) is 11.3 Å². The summed E-state index contributed by atoms with van der Waals surface area (Å²) >= 11 is 3.18. The first kappa shape index (κ1) is 18.9. The van der Waals surface area contributed by atoms with Crippen LogP contribution < -0.4 is 9.64 Å². The molecule has 2 aromatic heterocycles. The van der Waals surface area contributed by atoms with Gasteiger partial charge in [0.1, 0.15) is 17.4 Å². The second-order valence-corrected chi connectivity index (χ2v) is 8.51. The van der Waals surface area contributed by atoms with Crippen LogP contribution in [-0.2, 0) is 17.8 Å². The molecule has 1 amide bonds. The van der Waals surface area contributed by atoms with Crippen molar-refractivity contribution in [1.29, 1.82) is 0 Å². The van der Waals surface area contributed by atoms with Crippen LogP contribution in [0.15, 0.2) is 41.2 Å². The van der Waals surface area contributed by atoms with Gasteiger partial charge in [-0.25, -0.2) is 9.97 Å². The lowest BCUT2D eigenvalue weighted by molar-refractivity contribution is -0.130. The van der Waals surface area contributed by atoms with E-state index in [-0.39, 0.29) is 5.91 Å².